The van der Waals surface area contributed by atoms with Crippen molar-refractivity contribution in [1.82, 2.24) is 29.7 Å². The van der Waals surface area contributed by atoms with Crippen LogP contribution in [0.15, 0.2) is 31.6 Å². The number of hydrogen-bond acceptors (Lipinski definition) is 21. The van der Waals surface area contributed by atoms with E-state index < -0.39 is 141 Å². The molecule has 3 saturated heterocycles. The first-order chi connectivity index (χ1) is 29.7. The van der Waals surface area contributed by atoms with Crippen LogP contribution in [0.5, 0.6) is 0 Å². The first-order valence-electron chi connectivity index (χ1n) is 20.3. The Bertz CT molecular complexity index is 2210. The lowest BCUT2D eigenvalue weighted by atomic mass is 9.82. The van der Waals surface area contributed by atoms with Crippen molar-refractivity contribution in [2.75, 3.05) is 26.2 Å². The highest BCUT2D eigenvalue weighted by atomic mass is 31.2. The molecule has 0 aromatic carbocycles. The van der Waals surface area contributed by atoms with E-state index in [1.807, 2.05) is 0 Å². The Morgan fingerprint density at radius 1 is 0.857 bits per heavy atom. The highest BCUT2D eigenvalue weighted by Crippen LogP contribution is 2.49. The van der Waals surface area contributed by atoms with Gasteiger partial charge in [0.1, 0.15) is 43.0 Å². The number of nitrogens with one attached hydrogen (secondary N) is 4. The Morgan fingerprint density at radius 2 is 1.48 bits per heavy atom. The van der Waals surface area contributed by atoms with Crippen LogP contribution < -0.4 is 56.1 Å². The van der Waals surface area contributed by atoms with Gasteiger partial charge in [-0.1, -0.05) is 0 Å². The van der Waals surface area contributed by atoms with E-state index in [1.54, 1.807) is 0 Å². The number of carbonyl (C=O) groups excluding carboxylic acids is 1. The van der Waals surface area contributed by atoms with Crippen molar-refractivity contribution in [1.29, 1.82) is 0 Å². The first-order valence-corrected chi connectivity index (χ1v) is 21.8. The minimum Gasteiger partial charge on any atom is -0.390 e. The fraction of sp³-hybridized carbons (Fsp3) is 0.743. The predicted octanol–water partition coefficient (Wildman–Crippen LogP) is -6.86. The van der Waals surface area contributed by atoms with Crippen molar-refractivity contribution in [2.45, 2.75) is 137 Å². The standard InChI is InChI=1S/C35H57N10O17P/c1-13-10-44(34(53)42-30(13)50)21-7-17(46)20(58-21)12-57-63(55,56)62-18-8-22(45-11-14(2)31(51)43-35(45)54)60-29(18)32(52)41-5-3-4-40-24-25(47)15(37)6-16(38)28(24)61-33-23(39)27(49)26(48)19(9-36)59-33/h10-11,15-29,33,40,46-49H,3-9,12,36-39H2,1-2H3,(H,41,52)(H,55,56)(H,42,50,53)(H,43,51,54)/t15-,16+,17+,18+,19-,20-,21-,22-,23-,24+,25+,26-,27-,28-,29+,33-/m1/s1. The van der Waals surface area contributed by atoms with Crippen molar-refractivity contribution >= 4 is 13.7 Å². The molecule has 2 aromatic rings. The van der Waals surface area contributed by atoms with Crippen LogP contribution in [0.1, 0.15) is 49.3 Å². The van der Waals surface area contributed by atoms with Gasteiger partial charge in [0.05, 0.1) is 37.0 Å². The Hall–Kier alpha value is -3.58. The number of aliphatic hydroxyl groups is 4. The Morgan fingerprint density at radius 3 is 2.10 bits per heavy atom. The number of aryl methyl sites for hydroxylation is 2. The predicted molar refractivity (Wildman–Crippen MR) is 214 cm³/mol. The van der Waals surface area contributed by atoms with Gasteiger partial charge in [-0.15, -0.1) is 0 Å². The third-order valence-electron chi connectivity index (χ3n) is 11.6. The molecule has 3 aliphatic heterocycles. The highest BCUT2D eigenvalue weighted by molar-refractivity contribution is 7.47. The molecule has 17 atom stereocenters. The minimum atomic E-state index is -5.09. The van der Waals surface area contributed by atoms with Crippen LogP contribution >= 0.6 is 7.82 Å². The Labute approximate surface area is 357 Å². The Kier molecular flexibility index (Phi) is 15.7. The number of amides is 1. The van der Waals surface area contributed by atoms with Crippen molar-refractivity contribution in [2.24, 2.45) is 22.9 Å². The second-order valence-electron chi connectivity index (χ2n) is 16.2. The maximum absolute atomic E-state index is 13.6. The largest absolute Gasteiger partial charge is 0.472 e. The monoisotopic (exact) mass is 920 g/mol. The molecule has 17 N–H and O–H groups in total. The second-order valence-corrected chi connectivity index (χ2v) is 17.6. The summed E-state index contributed by atoms with van der Waals surface area (Å²) in [5, 5.41) is 48.2. The number of rotatable bonds is 16. The zero-order valence-corrected chi connectivity index (χ0v) is 35.2. The summed E-state index contributed by atoms with van der Waals surface area (Å²) >= 11 is 0. The molecular weight excluding hydrogens is 863 g/mol. The van der Waals surface area contributed by atoms with E-state index in [1.165, 1.54) is 26.2 Å². The summed E-state index contributed by atoms with van der Waals surface area (Å²) in [6.07, 6.45) is -12.8. The van der Waals surface area contributed by atoms with Crippen molar-refractivity contribution in [3.8, 4) is 0 Å². The maximum Gasteiger partial charge on any atom is 0.472 e. The van der Waals surface area contributed by atoms with Gasteiger partial charge in [0, 0.05) is 61.5 Å². The number of ether oxygens (including phenoxy) is 4. The van der Waals surface area contributed by atoms with E-state index in [9.17, 15) is 53.9 Å². The zero-order valence-electron chi connectivity index (χ0n) is 34.3. The molecule has 354 valence electrons. The number of H-pyrrole nitrogens is 2. The summed E-state index contributed by atoms with van der Waals surface area (Å²) in [6, 6.07) is -3.54. The van der Waals surface area contributed by atoms with Gasteiger partial charge in [-0.2, -0.15) is 0 Å². The summed E-state index contributed by atoms with van der Waals surface area (Å²) < 4.78 is 49.4. The molecular formula is C35H57N10O17P. The van der Waals surface area contributed by atoms with Gasteiger partial charge in [0.2, 0.25) is 0 Å². The molecule has 63 heavy (non-hydrogen) atoms. The summed E-state index contributed by atoms with van der Waals surface area (Å²) in [6.45, 7) is 2.14. The van der Waals surface area contributed by atoms with Crippen LogP contribution in [0.4, 0.5) is 0 Å². The number of aliphatic hydroxyl groups excluding tert-OH is 4. The number of phosphoric acid groups is 1. The molecule has 1 unspecified atom stereocenters. The third-order valence-corrected chi connectivity index (χ3v) is 12.6. The molecule has 4 aliphatic rings. The second kappa shape index (κ2) is 20.3. The lowest BCUT2D eigenvalue weighted by Crippen LogP contribution is -2.69. The number of carbonyl (C=O) groups is 1. The number of phosphoric ester groups is 1. The molecule has 27 nitrogen and oxygen atoms in total. The third kappa shape index (κ3) is 11.1. The number of aromatic nitrogens is 4. The van der Waals surface area contributed by atoms with Gasteiger partial charge < -0.3 is 77.8 Å². The lowest BCUT2D eigenvalue weighted by molar-refractivity contribution is -0.279. The van der Waals surface area contributed by atoms with Crippen LogP contribution in [-0.2, 0) is 37.4 Å². The molecule has 1 saturated carbocycles. The summed E-state index contributed by atoms with van der Waals surface area (Å²) in [5.41, 5.74) is 21.7. The average molecular weight is 921 g/mol. The van der Waals surface area contributed by atoms with Gasteiger partial charge in [-0.3, -0.25) is 42.5 Å². The molecule has 0 spiro atoms. The molecule has 0 radical (unpaired) electrons. The zero-order chi connectivity index (χ0) is 46.1. The summed E-state index contributed by atoms with van der Waals surface area (Å²) in [5.74, 6) is -0.822. The number of nitrogens with two attached hydrogens (primary N) is 4. The summed E-state index contributed by atoms with van der Waals surface area (Å²) in [4.78, 5) is 77.7. The van der Waals surface area contributed by atoms with Crippen LogP contribution in [0, 0.1) is 13.8 Å². The van der Waals surface area contributed by atoms with E-state index in [2.05, 4.69) is 20.6 Å². The maximum atomic E-state index is 13.6. The van der Waals surface area contributed by atoms with E-state index in [-0.39, 0.29) is 56.4 Å². The molecule has 0 bridgehead atoms. The molecule has 28 heteroatoms. The first kappa shape index (κ1) is 48.9. The van der Waals surface area contributed by atoms with E-state index >= 15 is 0 Å². The molecule has 1 aliphatic carbocycles. The number of hydrogen-bond donors (Lipinski definition) is 13. The fourth-order valence-corrected chi connectivity index (χ4v) is 8.91. The van der Waals surface area contributed by atoms with Gasteiger partial charge in [-0.25, -0.2) is 14.2 Å². The van der Waals surface area contributed by atoms with Gasteiger partial charge in [0.15, 0.2) is 12.4 Å². The van der Waals surface area contributed by atoms with Crippen LogP contribution in [0.2, 0.25) is 0 Å². The summed E-state index contributed by atoms with van der Waals surface area (Å²) in [7, 11) is -5.09. The van der Waals surface area contributed by atoms with Crippen LogP contribution in [0.25, 0.3) is 0 Å². The van der Waals surface area contributed by atoms with Crippen LogP contribution in [0.3, 0.4) is 0 Å². The molecule has 4 fully saturated rings. The fourth-order valence-electron chi connectivity index (χ4n) is 7.98. The molecule has 2 aromatic heterocycles. The Balaban J connectivity index is 1.08. The van der Waals surface area contributed by atoms with Crippen molar-refractivity contribution in [3.63, 3.8) is 0 Å². The number of aromatic amines is 2. The lowest BCUT2D eigenvalue weighted by Gasteiger charge is -2.47. The van der Waals surface area contributed by atoms with E-state index in [0.29, 0.717) is 0 Å². The quantitative estimate of drug-likeness (QED) is 0.0550. The smallest absolute Gasteiger partial charge is 0.390 e. The SMILES string of the molecule is Cc1cn([C@H]2C[C@H](OP(=O)(O)OC[C@H]3O[C@@H](n4cc(C)c(=O)[nH]c4=O)C[C@@H]3O)[C@@H](C(=O)NCCCN[C@H]3[C@@H](O)[C@H](N)C[C@H](N)[C@H]3O[C@H]3O[C@H](CN)[C@@H](O)[C@H](O)[C@H]3N)O2)c(=O)[nH]c1=O. The van der Waals surface area contributed by atoms with Crippen molar-refractivity contribution < 1.29 is 62.7 Å². The topological polar surface area (TPSA) is 429 Å². The highest BCUT2D eigenvalue weighted by Gasteiger charge is 2.49. The van der Waals surface area contributed by atoms with Gasteiger partial charge in [-0.05, 0) is 33.2 Å². The van der Waals surface area contributed by atoms with E-state index in [0.717, 1.165) is 9.13 Å². The average Bonchev–Trinajstić information content (AvgIpc) is 3.81. The normalized spacial score (nSPS) is 36.9. The van der Waals surface area contributed by atoms with Crippen molar-refractivity contribution in [3.05, 3.63) is 65.2 Å². The molecule has 5 heterocycles. The van der Waals surface area contributed by atoms with E-state index in [4.69, 9.17) is 50.9 Å². The minimum absolute atomic E-state index is 0.0324. The molecule has 6 rings (SSSR count). The van der Waals surface area contributed by atoms with Gasteiger partial charge >= 0.3 is 19.2 Å². The van der Waals surface area contributed by atoms with Gasteiger partial charge in [0.25, 0.3) is 17.0 Å². The number of nitrogens with zero attached hydrogens (tertiary/aromatic N) is 2. The molecule has 1 amide bonds. The van der Waals surface area contributed by atoms with Crippen LogP contribution in [-0.4, -0.2) is 162 Å².